The average molecular weight is 466 g/mol. The Kier molecular flexibility index (Phi) is 7.81. The van der Waals surface area contributed by atoms with Crippen molar-refractivity contribution in [2.75, 3.05) is 33.1 Å². The molecule has 0 atom stereocenters. The van der Waals surface area contributed by atoms with Crippen LogP contribution in [0.5, 0.6) is 0 Å². The number of methoxy groups -OCH3 is 1. The Balaban J connectivity index is 2.12. The highest BCUT2D eigenvalue weighted by Crippen LogP contribution is 2.23. The topological polar surface area (TPSA) is 135 Å². The molecule has 0 saturated heterocycles. The molecule has 0 aliphatic heterocycles. The summed E-state index contributed by atoms with van der Waals surface area (Å²) in [6.45, 7) is 4.44. The maximum Gasteiger partial charge on any atom is 0.355 e. The molecule has 0 saturated carbocycles. The predicted octanol–water partition coefficient (Wildman–Crippen LogP) is 2.03. The monoisotopic (exact) mass is 465 g/mol. The molecule has 1 amide bonds. The quantitative estimate of drug-likeness (QED) is 0.570. The number of benzene rings is 1. The summed E-state index contributed by atoms with van der Waals surface area (Å²) in [6.07, 6.45) is 0.463. The Bertz CT molecular complexity index is 1150. The van der Waals surface area contributed by atoms with Gasteiger partial charge in [-0.15, -0.1) is 0 Å². The van der Waals surface area contributed by atoms with E-state index in [1.165, 1.54) is 27.3 Å². The van der Waals surface area contributed by atoms with Crippen LogP contribution in [0.2, 0.25) is 0 Å². The number of aromatic nitrogens is 1. The molecule has 2 aromatic rings. The maximum absolute atomic E-state index is 12.4. The zero-order valence-corrected chi connectivity index (χ0v) is 19.7. The van der Waals surface area contributed by atoms with Crippen LogP contribution in [0.1, 0.15) is 44.6 Å². The van der Waals surface area contributed by atoms with E-state index in [1.807, 2.05) is 6.92 Å². The summed E-state index contributed by atoms with van der Waals surface area (Å²) in [5.74, 6) is -2.03. The van der Waals surface area contributed by atoms with Crippen LogP contribution in [0.3, 0.4) is 0 Å². The first kappa shape index (κ1) is 25.1. The molecule has 11 heteroatoms. The number of nitrogens with zero attached hydrogens (tertiary/aromatic N) is 1. The van der Waals surface area contributed by atoms with Crippen molar-refractivity contribution >= 4 is 33.6 Å². The summed E-state index contributed by atoms with van der Waals surface area (Å²) in [5, 5.41) is 2.51. The summed E-state index contributed by atoms with van der Waals surface area (Å²) in [5.41, 5.74) is 1.99. The van der Waals surface area contributed by atoms with E-state index >= 15 is 0 Å². The second-order valence-corrected chi connectivity index (χ2v) is 9.34. The molecular weight excluding hydrogens is 438 g/mol. The first-order valence-electron chi connectivity index (χ1n) is 9.73. The molecule has 1 aromatic heterocycles. The molecule has 1 aromatic carbocycles. The van der Waals surface area contributed by atoms with Gasteiger partial charge in [0.1, 0.15) is 5.69 Å². The third-order valence-electron chi connectivity index (χ3n) is 4.84. The van der Waals surface area contributed by atoms with Gasteiger partial charge >= 0.3 is 11.9 Å². The van der Waals surface area contributed by atoms with Gasteiger partial charge in [0.05, 0.1) is 17.6 Å². The fraction of sp³-hybridized carbons (Fsp3) is 0.381. The third kappa shape index (κ3) is 5.17. The predicted molar refractivity (Wildman–Crippen MR) is 117 cm³/mol. The molecule has 0 spiro atoms. The lowest BCUT2D eigenvalue weighted by Gasteiger charge is -2.15. The second-order valence-electron chi connectivity index (χ2n) is 7.22. The molecule has 2 N–H and O–H groups in total. The number of rotatable bonds is 8. The van der Waals surface area contributed by atoms with Gasteiger partial charge in [0, 0.05) is 25.5 Å². The number of carbonyl (C=O) groups excluding carboxylic acids is 3. The Morgan fingerprint density at radius 2 is 1.78 bits per heavy atom. The molecule has 174 valence electrons. The first-order chi connectivity index (χ1) is 14.9. The Hall–Kier alpha value is -3.18. The molecule has 0 aliphatic rings. The zero-order chi connectivity index (χ0) is 24.2. The van der Waals surface area contributed by atoms with Crippen molar-refractivity contribution in [2.24, 2.45) is 0 Å². The highest BCUT2D eigenvalue weighted by molar-refractivity contribution is 7.89. The fourth-order valence-corrected chi connectivity index (χ4v) is 4.20. The minimum Gasteiger partial charge on any atom is -0.465 e. The van der Waals surface area contributed by atoms with Crippen LogP contribution >= 0.6 is 0 Å². The summed E-state index contributed by atoms with van der Waals surface area (Å²) >= 11 is 0. The maximum atomic E-state index is 12.4. The van der Waals surface area contributed by atoms with Crippen LogP contribution in [0.4, 0.5) is 5.69 Å². The SMILES string of the molecule is CCc1[nH]c(C(=O)OCC(=O)Nc2ccc(C)c(S(=O)(=O)N(C)C)c2)c(C)c1C(=O)OC. The van der Waals surface area contributed by atoms with Gasteiger partial charge in [0.25, 0.3) is 5.91 Å². The Morgan fingerprint density at radius 3 is 2.34 bits per heavy atom. The molecule has 1 heterocycles. The minimum atomic E-state index is -3.69. The van der Waals surface area contributed by atoms with Crippen LogP contribution < -0.4 is 5.32 Å². The molecule has 0 radical (unpaired) electrons. The van der Waals surface area contributed by atoms with E-state index < -0.39 is 34.5 Å². The largest absolute Gasteiger partial charge is 0.465 e. The van der Waals surface area contributed by atoms with Crippen LogP contribution in [0.15, 0.2) is 23.1 Å². The van der Waals surface area contributed by atoms with Crippen molar-refractivity contribution in [3.05, 3.63) is 46.3 Å². The molecule has 32 heavy (non-hydrogen) atoms. The number of aromatic amines is 1. The lowest BCUT2D eigenvalue weighted by atomic mass is 10.1. The van der Waals surface area contributed by atoms with Gasteiger partial charge in [-0.1, -0.05) is 13.0 Å². The molecule has 0 aliphatic carbocycles. The van der Waals surface area contributed by atoms with Gasteiger partial charge in [-0.2, -0.15) is 0 Å². The smallest absolute Gasteiger partial charge is 0.355 e. The number of amides is 1. The van der Waals surface area contributed by atoms with Crippen LogP contribution in [0, 0.1) is 13.8 Å². The molecule has 10 nitrogen and oxygen atoms in total. The van der Waals surface area contributed by atoms with Gasteiger partial charge in [-0.3, -0.25) is 4.79 Å². The van der Waals surface area contributed by atoms with Crippen molar-refractivity contribution in [3.63, 3.8) is 0 Å². The summed E-state index contributed by atoms with van der Waals surface area (Å²) in [4.78, 5) is 39.6. The number of sulfonamides is 1. The van der Waals surface area contributed by atoms with E-state index in [0.29, 0.717) is 23.2 Å². The Morgan fingerprint density at radius 1 is 1.12 bits per heavy atom. The average Bonchev–Trinajstić information content (AvgIpc) is 3.08. The minimum absolute atomic E-state index is 0.0572. The molecule has 0 bridgehead atoms. The van der Waals surface area contributed by atoms with E-state index in [9.17, 15) is 22.8 Å². The molecule has 2 rings (SSSR count). The van der Waals surface area contributed by atoms with Crippen molar-refractivity contribution in [1.29, 1.82) is 0 Å². The van der Waals surface area contributed by atoms with Crippen molar-refractivity contribution < 1.29 is 32.3 Å². The van der Waals surface area contributed by atoms with Gasteiger partial charge in [0.2, 0.25) is 10.0 Å². The number of hydrogen-bond acceptors (Lipinski definition) is 7. The normalized spacial score (nSPS) is 11.3. The van der Waals surface area contributed by atoms with Crippen molar-refractivity contribution in [2.45, 2.75) is 32.1 Å². The lowest BCUT2D eigenvalue weighted by Crippen LogP contribution is -2.24. The van der Waals surface area contributed by atoms with E-state index in [1.54, 1.807) is 26.0 Å². The summed E-state index contributed by atoms with van der Waals surface area (Å²) in [6, 6.07) is 4.46. The van der Waals surface area contributed by atoms with E-state index in [2.05, 4.69) is 10.3 Å². The summed E-state index contributed by atoms with van der Waals surface area (Å²) < 4.78 is 35.8. The van der Waals surface area contributed by atoms with Gasteiger partial charge in [-0.05, 0) is 43.5 Å². The number of anilines is 1. The number of hydrogen-bond donors (Lipinski definition) is 2. The highest BCUT2D eigenvalue weighted by Gasteiger charge is 2.25. The summed E-state index contributed by atoms with van der Waals surface area (Å²) in [7, 11) is 0.384. The number of aryl methyl sites for hydroxylation is 2. The second kappa shape index (κ2) is 9.96. The lowest BCUT2D eigenvalue weighted by molar-refractivity contribution is -0.119. The molecular formula is C21H27N3O7S. The van der Waals surface area contributed by atoms with Gasteiger partial charge < -0.3 is 19.8 Å². The molecule has 0 unspecified atom stereocenters. The van der Waals surface area contributed by atoms with Crippen LogP contribution in [-0.4, -0.2) is 63.4 Å². The third-order valence-corrected chi connectivity index (χ3v) is 6.80. The Labute approximate surface area is 186 Å². The van der Waals surface area contributed by atoms with Gasteiger partial charge in [0.15, 0.2) is 6.61 Å². The van der Waals surface area contributed by atoms with E-state index in [4.69, 9.17) is 9.47 Å². The number of nitrogens with one attached hydrogen (secondary N) is 2. The van der Waals surface area contributed by atoms with Gasteiger partial charge in [-0.25, -0.2) is 22.3 Å². The van der Waals surface area contributed by atoms with Crippen LogP contribution in [0.25, 0.3) is 0 Å². The highest BCUT2D eigenvalue weighted by atomic mass is 32.2. The van der Waals surface area contributed by atoms with Crippen molar-refractivity contribution in [3.8, 4) is 0 Å². The molecule has 0 fully saturated rings. The van der Waals surface area contributed by atoms with E-state index in [0.717, 1.165) is 4.31 Å². The first-order valence-corrected chi connectivity index (χ1v) is 11.2. The zero-order valence-electron chi connectivity index (χ0n) is 18.9. The van der Waals surface area contributed by atoms with E-state index in [-0.39, 0.29) is 21.8 Å². The number of H-pyrrole nitrogens is 1. The standard InChI is InChI=1S/C21H27N3O7S/c1-7-15-18(20(26)30-6)13(3)19(23-15)21(27)31-11-17(25)22-14-9-8-12(2)16(10-14)32(28,29)24(4)5/h8-10,23H,7,11H2,1-6H3,(H,22,25). The van der Waals surface area contributed by atoms with Crippen molar-refractivity contribution in [1.82, 2.24) is 9.29 Å². The fourth-order valence-electron chi connectivity index (χ4n) is 3.06. The number of esters is 2. The van der Waals surface area contributed by atoms with Crippen LogP contribution in [-0.2, 0) is 30.7 Å². The number of ether oxygens (including phenoxy) is 2. The number of carbonyl (C=O) groups is 3.